The maximum Gasteiger partial charge on any atom is 0.153 e. The number of carbonyl (C=O) groups excluding carboxylic acids is 2. The summed E-state index contributed by atoms with van der Waals surface area (Å²) in [4.78, 5) is 21.8. The van der Waals surface area contributed by atoms with E-state index in [4.69, 9.17) is 4.74 Å². The lowest BCUT2D eigenvalue weighted by Gasteiger charge is -2.11. The fourth-order valence-corrected chi connectivity index (χ4v) is 1.49. The first-order valence-electron chi connectivity index (χ1n) is 5.40. The second-order valence-electron chi connectivity index (χ2n) is 3.71. The van der Waals surface area contributed by atoms with Crippen LogP contribution in [0.5, 0.6) is 5.75 Å². The van der Waals surface area contributed by atoms with Crippen molar-refractivity contribution in [2.24, 2.45) is 0 Å². The highest BCUT2D eigenvalue weighted by molar-refractivity contribution is 5.88. The number of hydrogen-bond donors (Lipinski definition) is 0. The monoisotopic (exact) mass is 220 g/mol. The number of hydrogen-bond acceptors (Lipinski definition) is 3. The number of aryl methyl sites for hydroxylation is 1. The maximum atomic E-state index is 10.9. The van der Waals surface area contributed by atoms with Crippen LogP contribution in [0.4, 0.5) is 0 Å². The number of benzene rings is 1. The Bertz CT molecular complexity index is 354. The molecule has 0 aliphatic rings. The third-order valence-electron chi connectivity index (χ3n) is 2.29. The van der Waals surface area contributed by atoms with E-state index in [1.54, 1.807) is 12.1 Å². The molecule has 0 spiro atoms. The first-order valence-corrected chi connectivity index (χ1v) is 5.40. The number of unbranched alkanes of at least 4 members (excludes halogenated alkanes) is 1. The molecule has 0 N–H and O–H groups in total. The van der Waals surface area contributed by atoms with Gasteiger partial charge in [-0.3, -0.25) is 9.59 Å². The van der Waals surface area contributed by atoms with Gasteiger partial charge in [-0.1, -0.05) is 13.3 Å². The van der Waals surface area contributed by atoms with Gasteiger partial charge in [-0.25, -0.2) is 0 Å². The number of rotatable bonds is 6. The summed E-state index contributed by atoms with van der Waals surface area (Å²) in [5, 5.41) is 0. The number of ether oxygens (including phenoxy) is 1. The van der Waals surface area contributed by atoms with E-state index in [0.717, 1.165) is 31.0 Å². The zero-order chi connectivity index (χ0) is 12.0. The minimum Gasteiger partial charge on any atom is -0.492 e. The summed E-state index contributed by atoms with van der Waals surface area (Å²) in [5.41, 5.74) is 1.77. The molecule has 16 heavy (non-hydrogen) atoms. The van der Waals surface area contributed by atoms with Gasteiger partial charge >= 0.3 is 0 Å². The molecule has 0 bridgehead atoms. The summed E-state index contributed by atoms with van der Waals surface area (Å²) in [5.74, 6) is 0.407. The summed E-state index contributed by atoms with van der Waals surface area (Å²) in [6, 6.07) is 3.45. The Morgan fingerprint density at radius 3 is 2.19 bits per heavy atom. The van der Waals surface area contributed by atoms with Gasteiger partial charge in [-0.2, -0.15) is 0 Å². The van der Waals surface area contributed by atoms with Crippen LogP contribution in [0.25, 0.3) is 0 Å². The molecule has 0 fully saturated rings. The lowest BCUT2D eigenvalue weighted by Crippen LogP contribution is -2.03. The van der Waals surface area contributed by atoms with Gasteiger partial charge in [0.15, 0.2) is 12.6 Å². The number of carbonyl (C=O) groups is 2. The molecule has 0 heterocycles. The van der Waals surface area contributed by atoms with Gasteiger partial charge in [-0.15, -0.1) is 0 Å². The zero-order valence-electron chi connectivity index (χ0n) is 9.66. The van der Waals surface area contributed by atoms with Crippen LogP contribution < -0.4 is 4.74 Å². The Hall–Kier alpha value is -1.64. The Morgan fingerprint density at radius 2 is 1.75 bits per heavy atom. The second kappa shape index (κ2) is 6.05. The Morgan fingerprint density at radius 1 is 1.19 bits per heavy atom. The molecule has 3 nitrogen and oxygen atoms in total. The van der Waals surface area contributed by atoms with E-state index in [2.05, 4.69) is 6.92 Å². The zero-order valence-corrected chi connectivity index (χ0v) is 9.66. The van der Waals surface area contributed by atoms with Crippen LogP contribution >= 0.6 is 0 Å². The van der Waals surface area contributed by atoms with E-state index in [9.17, 15) is 9.59 Å². The fourth-order valence-electron chi connectivity index (χ4n) is 1.49. The summed E-state index contributed by atoms with van der Waals surface area (Å²) >= 11 is 0. The fraction of sp³-hybridized carbons (Fsp3) is 0.385. The Labute approximate surface area is 95.4 Å². The molecule has 1 rings (SSSR count). The third-order valence-corrected chi connectivity index (χ3v) is 2.29. The molecule has 1 aromatic rings. The van der Waals surface area contributed by atoms with E-state index in [0.29, 0.717) is 23.5 Å². The molecule has 0 radical (unpaired) electrons. The molecule has 86 valence electrons. The minimum absolute atomic E-state index is 0.407. The lowest BCUT2D eigenvalue weighted by atomic mass is 10.1. The molecule has 0 unspecified atom stereocenters. The van der Waals surface area contributed by atoms with Gasteiger partial charge in [0.1, 0.15) is 5.75 Å². The van der Waals surface area contributed by atoms with Gasteiger partial charge in [0.2, 0.25) is 0 Å². The van der Waals surface area contributed by atoms with E-state index < -0.39 is 0 Å². The SMILES string of the molecule is CCCCOc1c(C=O)cc(C)cc1C=O. The van der Waals surface area contributed by atoms with Crippen molar-refractivity contribution in [3.8, 4) is 5.75 Å². The van der Waals surface area contributed by atoms with Crippen molar-refractivity contribution in [3.63, 3.8) is 0 Å². The van der Waals surface area contributed by atoms with Crippen LogP contribution in [0.2, 0.25) is 0 Å². The van der Waals surface area contributed by atoms with Crippen molar-refractivity contribution >= 4 is 12.6 Å². The molecule has 0 saturated carbocycles. The summed E-state index contributed by atoms with van der Waals surface area (Å²) in [6.45, 7) is 4.43. The predicted octanol–water partition coefficient (Wildman–Crippen LogP) is 2.80. The van der Waals surface area contributed by atoms with Gasteiger partial charge in [0, 0.05) is 0 Å². The molecule has 0 amide bonds. The topological polar surface area (TPSA) is 43.4 Å². The molecule has 0 saturated heterocycles. The summed E-state index contributed by atoms with van der Waals surface area (Å²) < 4.78 is 5.48. The molecule has 0 aromatic heterocycles. The van der Waals surface area contributed by atoms with Crippen molar-refractivity contribution in [1.29, 1.82) is 0 Å². The average Bonchev–Trinajstić information content (AvgIpc) is 2.30. The van der Waals surface area contributed by atoms with Crippen LogP contribution in [0.3, 0.4) is 0 Å². The predicted molar refractivity (Wildman–Crippen MR) is 62.4 cm³/mol. The summed E-state index contributed by atoms with van der Waals surface area (Å²) in [6.07, 6.45) is 3.37. The second-order valence-corrected chi connectivity index (χ2v) is 3.71. The van der Waals surface area contributed by atoms with Crippen LogP contribution in [0.15, 0.2) is 12.1 Å². The molecular formula is C13H16O3. The van der Waals surface area contributed by atoms with Crippen molar-refractivity contribution in [2.45, 2.75) is 26.7 Å². The molecule has 0 aliphatic carbocycles. The van der Waals surface area contributed by atoms with Crippen LogP contribution in [0, 0.1) is 6.92 Å². The molecule has 3 heteroatoms. The molecule has 0 atom stereocenters. The first-order chi connectivity index (χ1) is 7.72. The summed E-state index contributed by atoms with van der Waals surface area (Å²) in [7, 11) is 0. The average molecular weight is 220 g/mol. The van der Waals surface area contributed by atoms with E-state index in [1.807, 2.05) is 6.92 Å². The Balaban J connectivity index is 3.02. The standard InChI is InChI=1S/C13H16O3/c1-3-4-5-16-13-11(8-14)6-10(2)7-12(13)9-15/h6-9H,3-5H2,1-2H3. The van der Waals surface area contributed by atoms with Crippen molar-refractivity contribution < 1.29 is 14.3 Å². The first kappa shape index (κ1) is 12.4. The van der Waals surface area contributed by atoms with Gasteiger partial charge in [0.25, 0.3) is 0 Å². The van der Waals surface area contributed by atoms with Crippen molar-refractivity contribution in [3.05, 3.63) is 28.8 Å². The highest BCUT2D eigenvalue weighted by atomic mass is 16.5. The quantitative estimate of drug-likeness (QED) is 0.547. The van der Waals surface area contributed by atoms with E-state index in [1.165, 1.54) is 0 Å². The molecular weight excluding hydrogens is 204 g/mol. The van der Waals surface area contributed by atoms with E-state index in [-0.39, 0.29) is 0 Å². The molecule has 1 aromatic carbocycles. The van der Waals surface area contributed by atoms with E-state index >= 15 is 0 Å². The Kier molecular flexibility index (Phi) is 4.70. The minimum atomic E-state index is 0.407. The highest BCUT2D eigenvalue weighted by Crippen LogP contribution is 2.23. The van der Waals surface area contributed by atoms with Crippen LogP contribution in [0.1, 0.15) is 46.0 Å². The molecule has 0 aliphatic heterocycles. The maximum absolute atomic E-state index is 10.9. The van der Waals surface area contributed by atoms with Gasteiger partial charge < -0.3 is 4.74 Å². The lowest BCUT2D eigenvalue weighted by molar-refractivity contribution is 0.111. The van der Waals surface area contributed by atoms with Crippen LogP contribution in [-0.4, -0.2) is 19.2 Å². The largest absolute Gasteiger partial charge is 0.492 e. The van der Waals surface area contributed by atoms with Gasteiger partial charge in [-0.05, 0) is 31.0 Å². The number of aldehydes is 2. The third kappa shape index (κ3) is 2.92. The van der Waals surface area contributed by atoms with Crippen LogP contribution in [-0.2, 0) is 0 Å². The smallest absolute Gasteiger partial charge is 0.153 e. The highest BCUT2D eigenvalue weighted by Gasteiger charge is 2.10. The van der Waals surface area contributed by atoms with Crippen molar-refractivity contribution in [1.82, 2.24) is 0 Å². The van der Waals surface area contributed by atoms with Gasteiger partial charge in [0.05, 0.1) is 17.7 Å². The normalized spacial score (nSPS) is 9.88. The van der Waals surface area contributed by atoms with Crippen molar-refractivity contribution in [2.75, 3.05) is 6.61 Å².